The Kier molecular flexibility index (Phi) is 4.78. The average molecular weight is 299 g/mol. The summed E-state index contributed by atoms with van der Waals surface area (Å²) in [5.74, 6) is 0.445. The number of likely N-dealkylation sites (N-methyl/N-ethyl adjacent to an activating group) is 1. The van der Waals surface area contributed by atoms with Crippen LogP contribution in [0.25, 0.3) is 0 Å². The van der Waals surface area contributed by atoms with Crippen molar-refractivity contribution in [3.8, 4) is 11.5 Å². The molecule has 0 amide bonds. The molecule has 1 N–H and O–H groups in total. The van der Waals surface area contributed by atoms with Gasteiger partial charge in [-0.05, 0) is 38.6 Å². The minimum absolute atomic E-state index is 0.0121. The van der Waals surface area contributed by atoms with Crippen molar-refractivity contribution in [3.05, 3.63) is 22.7 Å². The molecule has 0 aliphatic carbocycles. The van der Waals surface area contributed by atoms with E-state index in [0.29, 0.717) is 22.9 Å². The second-order valence-corrected chi connectivity index (χ2v) is 6.09. The SMILES string of the molecule is COc1cc(CN2CC(C)N(C)C(C)C2)cc(Cl)c1O. The summed E-state index contributed by atoms with van der Waals surface area (Å²) in [6, 6.07) is 4.74. The molecule has 1 aromatic rings. The quantitative estimate of drug-likeness (QED) is 0.930. The predicted octanol–water partition coefficient (Wildman–Crippen LogP) is 2.58. The third-order valence-electron chi connectivity index (χ3n) is 4.15. The fraction of sp³-hybridized carbons (Fsp3) is 0.600. The van der Waals surface area contributed by atoms with Crippen LogP contribution in [0.3, 0.4) is 0 Å². The van der Waals surface area contributed by atoms with E-state index in [0.717, 1.165) is 25.2 Å². The molecule has 1 aliphatic rings. The van der Waals surface area contributed by atoms with E-state index in [1.165, 1.54) is 7.11 Å². The van der Waals surface area contributed by atoms with Gasteiger partial charge in [0.05, 0.1) is 12.1 Å². The summed E-state index contributed by atoms with van der Waals surface area (Å²) in [6.45, 7) is 7.36. The lowest BCUT2D eigenvalue weighted by Crippen LogP contribution is -2.54. The number of phenols is 1. The summed E-state index contributed by atoms with van der Waals surface area (Å²) in [6.07, 6.45) is 0. The number of nitrogens with zero attached hydrogens (tertiary/aromatic N) is 2. The summed E-state index contributed by atoms with van der Waals surface area (Å²) in [5, 5.41) is 10.1. The van der Waals surface area contributed by atoms with Crippen LogP contribution >= 0.6 is 11.6 Å². The number of piperazine rings is 1. The van der Waals surface area contributed by atoms with E-state index in [1.807, 2.05) is 12.1 Å². The Hall–Kier alpha value is -0.970. The Morgan fingerprint density at radius 2 is 1.90 bits per heavy atom. The number of hydrogen-bond acceptors (Lipinski definition) is 4. The van der Waals surface area contributed by atoms with Crippen molar-refractivity contribution in [1.82, 2.24) is 9.80 Å². The average Bonchev–Trinajstić information content (AvgIpc) is 2.39. The summed E-state index contributed by atoms with van der Waals surface area (Å²) in [4.78, 5) is 4.82. The molecule has 4 nitrogen and oxygen atoms in total. The van der Waals surface area contributed by atoms with Gasteiger partial charge in [0, 0.05) is 31.7 Å². The Morgan fingerprint density at radius 1 is 1.30 bits per heavy atom. The molecule has 0 radical (unpaired) electrons. The molecule has 1 saturated heterocycles. The number of hydrogen-bond donors (Lipinski definition) is 1. The number of benzene rings is 1. The Bertz CT molecular complexity index is 469. The van der Waals surface area contributed by atoms with Crippen LogP contribution in [0.5, 0.6) is 11.5 Å². The molecule has 1 aromatic carbocycles. The molecule has 112 valence electrons. The second-order valence-electron chi connectivity index (χ2n) is 5.69. The largest absolute Gasteiger partial charge is 0.503 e. The molecule has 0 bridgehead atoms. The maximum absolute atomic E-state index is 9.77. The van der Waals surface area contributed by atoms with Gasteiger partial charge in [0.2, 0.25) is 0 Å². The first-order chi connectivity index (χ1) is 9.42. The number of aromatic hydroxyl groups is 1. The zero-order valence-corrected chi connectivity index (χ0v) is 13.3. The van der Waals surface area contributed by atoms with Crippen molar-refractivity contribution in [2.45, 2.75) is 32.5 Å². The van der Waals surface area contributed by atoms with Crippen LogP contribution in [0.1, 0.15) is 19.4 Å². The van der Waals surface area contributed by atoms with Crippen molar-refractivity contribution in [2.24, 2.45) is 0 Å². The van der Waals surface area contributed by atoms with E-state index < -0.39 is 0 Å². The lowest BCUT2D eigenvalue weighted by Gasteiger charge is -2.42. The van der Waals surface area contributed by atoms with E-state index >= 15 is 0 Å². The first-order valence-electron chi connectivity index (χ1n) is 6.92. The molecular weight excluding hydrogens is 276 g/mol. The van der Waals surface area contributed by atoms with Gasteiger partial charge in [0.1, 0.15) is 0 Å². The van der Waals surface area contributed by atoms with E-state index in [9.17, 15) is 5.11 Å². The predicted molar refractivity (Wildman–Crippen MR) is 81.6 cm³/mol. The normalized spacial score (nSPS) is 24.9. The fourth-order valence-electron chi connectivity index (χ4n) is 2.78. The summed E-state index contributed by atoms with van der Waals surface area (Å²) < 4.78 is 5.15. The molecule has 2 rings (SSSR count). The Morgan fingerprint density at radius 3 is 2.45 bits per heavy atom. The molecule has 5 heteroatoms. The lowest BCUT2D eigenvalue weighted by atomic mass is 10.1. The van der Waals surface area contributed by atoms with Gasteiger partial charge in [-0.2, -0.15) is 0 Å². The van der Waals surface area contributed by atoms with Gasteiger partial charge in [0.25, 0.3) is 0 Å². The molecule has 2 atom stereocenters. The topological polar surface area (TPSA) is 35.9 Å². The van der Waals surface area contributed by atoms with Crippen molar-refractivity contribution in [3.63, 3.8) is 0 Å². The second kappa shape index (κ2) is 6.20. The van der Waals surface area contributed by atoms with Gasteiger partial charge in [-0.1, -0.05) is 11.6 Å². The van der Waals surface area contributed by atoms with Crippen molar-refractivity contribution < 1.29 is 9.84 Å². The highest BCUT2D eigenvalue weighted by molar-refractivity contribution is 6.32. The van der Waals surface area contributed by atoms with Crippen molar-refractivity contribution in [1.29, 1.82) is 0 Å². The molecule has 0 aromatic heterocycles. The van der Waals surface area contributed by atoms with Crippen LogP contribution in [0.2, 0.25) is 5.02 Å². The van der Waals surface area contributed by atoms with Crippen molar-refractivity contribution in [2.75, 3.05) is 27.2 Å². The number of rotatable bonds is 3. The molecule has 0 spiro atoms. The van der Waals surface area contributed by atoms with Gasteiger partial charge in [-0.15, -0.1) is 0 Å². The van der Waals surface area contributed by atoms with Crippen LogP contribution in [-0.2, 0) is 6.54 Å². The number of halogens is 1. The first kappa shape index (κ1) is 15.4. The zero-order chi connectivity index (χ0) is 14.9. The fourth-order valence-corrected chi connectivity index (χ4v) is 3.01. The number of ether oxygens (including phenoxy) is 1. The molecule has 1 fully saturated rings. The van der Waals surface area contributed by atoms with Crippen LogP contribution in [-0.4, -0.2) is 54.2 Å². The molecule has 1 heterocycles. The van der Waals surface area contributed by atoms with Crippen molar-refractivity contribution >= 4 is 11.6 Å². The maximum atomic E-state index is 9.77. The Balaban J connectivity index is 2.12. The molecule has 0 saturated carbocycles. The van der Waals surface area contributed by atoms with Crippen LogP contribution in [0, 0.1) is 0 Å². The monoisotopic (exact) mass is 298 g/mol. The zero-order valence-electron chi connectivity index (χ0n) is 12.6. The van der Waals surface area contributed by atoms with E-state index in [1.54, 1.807) is 0 Å². The summed E-state index contributed by atoms with van der Waals surface area (Å²) >= 11 is 6.04. The van der Waals surface area contributed by atoms with Crippen LogP contribution < -0.4 is 4.74 Å². The molecule has 20 heavy (non-hydrogen) atoms. The van der Waals surface area contributed by atoms with Gasteiger partial charge in [0.15, 0.2) is 11.5 Å². The third-order valence-corrected chi connectivity index (χ3v) is 4.44. The minimum Gasteiger partial charge on any atom is -0.503 e. The van der Waals surface area contributed by atoms with Gasteiger partial charge < -0.3 is 9.84 Å². The van der Waals surface area contributed by atoms with E-state index in [4.69, 9.17) is 16.3 Å². The van der Waals surface area contributed by atoms with Gasteiger partial charge in [-0.3, -0.25) is 9.80 Å². The van der Waals surface area contributed by atoms with E-state index in [-0.39, 0.29) is 5.75 Å². The smallest absolute Gasteiger partial charge is 0.176 e. The lowest BCUT2D eigenvalue weighted by molar-refractivity contribution is 0.0556. The summed E-state index contributed by atoms with van der Waals surface area (Å²) in [7, 11) is 3.71. The first-order valence-corrected chi connectivity index (χ1v) is 7.29. The molecule has 1 aliphatic heterocycles. The Labute approximate surface area is 125 Å². The highest BCUT2D eigenvalue weighted by atomic mass is 35.5. The van der Waals surface area contributed by atoms with Crippen LogP contribution in [0.15, 0.2) is 12.1 Å². The highest BCUT2D eigenvalue weighted by Crippen LogP contribution is 2.35. The number of methoxy groups -OCH3 is 1. The maximum Gasteiger partial charge on any atom is 0.176 e. The third kappa shape index (κ3) is 3.19. The van der Waals surface area contributed by atoms with E-state index in [2.05, 4.69) is 30.7 Å². The standard InChI is InChI=1S/C15H23ClN2O2/c1-10-7-18(8-11(2)17(10)3)9-12-5-13(16)15(19)14(6-12)20-4/h5-6,10-11,19H,7-9H2,1-4H3. The highest BCUT2D eigenvalue weighted by Gasteiger charge is 2.26. The molecular formula is C15H23ClN2O2. The molecule has 2 unspecified atom stereocenters. The van der Waals surface area contributed by atoms with Gasteiger partial charge >= 0.3 is 0 Å². The minimum atomic E-state index is 0.0121. The van der Waals surface area contributed by atoms with Gasteiger partial charge in [-0.25, -0.2) is 0 Å². The summed E-state index contributed by atoms with van der Waals surface area (Å²) in [5.41, 5.74) is 1.06. The van der Waals surface area contributed by atoms with Crippen LogP contribution in [0.4, 0.5) is 0 Å². The number of phenolic OH excluding ortho intramolecular Hbond substituents is 1.